The highest BCUT2D eigenvalue weighted by Gasteiger charge is 2.13. The first kappa shape index (κ1) is 20.8. The molecule has 3 aromatic heterocycles. The molecular formula is C24H18BN5O2S. The van der Waals surface area contributed by atoms with Gasteiger partial charge in [-0.1, -0.05) is 24.3 Å². The molecule has 0 aliphatic heterocycles. The molecule has 3 N–H and O–H groups in total. The number of nitrogens with zero attached hydrogens (tertiary/aromatic N) is 3. The van der Waals surface area contributed by atoms with Gasteiger partial charge in [-0.25, -0.2) is 4.98 Å². The number of amides is 1. The van der Waals surface area contributed by atoms with Crippen LogP contribution < -0.4 is 16.1 Å². The Kier molecular flexibility index (Phi) is 5.54. The molecule has 9 heteroatoms. The number of hydrogen-bond acceptors (Lipinski definition) is 6. The summed E-state index contributed by atoms with van der Waals surface area (Å²) in [4.78, 5) is 16.9. The summed E-state index contributed by atoms with van der Waals surface area (Å²) in [6.07, 6.45) is 1.54. The average molecular weight is 451 g/mol. The molecule has 5 aromatic rings. The van der Waals surface area contributed by atoms with E-state index >= 15 is 0 Å². The molecule has 33 heavy (non-hydrogen) atoms. The van der Waals surface area contributed by atoms with Crippen LogP contribution in [-0.2, 0) is 6.54 Å². The molecular weight excluding hydrogens is 433 g/mol. The summed E-state index contributed by atoms with van der Waals surface area (Å²) >= 11 is 1.48. The molecule has 7 nitrogen and oxygen atoms in total. The highest BCUT2D eigenvalue weighted by atomic mass is 32.1. The van der Waals surface area contributed by atoms with Gasteiger partial charge < -0.3 is 15.7 Å². The van der Waals surface area contributed by atoms with Crippen molar-refractivity contribution >= 4 is 47.7 Å². The predicted octanol–water partition coefficient (Wildman–Crippen LogP) is 3.82. The van der Waals surface area contributed by atoms with Crippen LogP contribution in [0.1, 0.15) is 15.9 Å². The maximum Gasteiger partial charge on any atom is 0.256 e. The van der Waals surface area contributed by atoms with Crippen molar-refractivity contribution in [2.24, 2.45) is 0 Å². The molecule has 0 spiro atoms. The van der Waals surface area contributed by atoms with E-state index in [1.54, 1.807) is 35.0 Å². The summed E-state index contributed by atoms with van der Waals surface area (Å²) in [5, 5.41) is 24.6. The first-order chi connectivity index (χ1) is 16.1. The number of rotatable bonds is 6. The van der Waals surface area contributed by atoms with Crippen LogP contribution in [0.4, 0.5) is 11.5 Å². The van der Waals surface area contributed by atoms with Gasteiger partial charge in [-0.05, 0) is 46.7 Å². The number of hydrogen-bond donors (Lipinski definition) is 3. The van der Waals surface area contributed by atoms with E-state index in [9.17, 15) is 9.90 Å². The number of aromatic nitrogens is 3. The van der Waals surface area contributed by atoms with Crippen molar-refractivity contribution < 1.29 is 9.90 Å². The lowest BCUT2D eigenvalue weighted by molar-refractivity contribution is 0.102. The summed E-state index contributed by atoms with van der Waals surface area (Å²) in [5.74, 6) is 0.659. The fraction of sp³-hybridized carbons (Fsp3) is 0.0417. The van der Waals surface area contributed by atoms with Gasteiger partial charge in [0, 0.05) is 35.4 Å². The number of thiophene rings is 1. The number of aromatic hydroxyl groups is 1. The van der Waals surface area contributed by atoms with E-state index in [4.69, 9.17) is 7.85 Å². The Balaban J connectivity index is 1.41. The summed E-state index contributed by atoms with van der Waals surface area (Å²) < 4.78 is 1.63. The Hall–Kier alpha value is -4.11. The van der Waals surface area contributed by atoms with Crippen molar-refractivity contribution in [3.05, 3.63) is 88.7 Å². The van der Waals surface area contributed by atoms with Gasteiger partial charge >= 0.3 is 0 Å². The lowest BCUT2D eigenvalue weighted by Crippen LogP contribution is -2.12. The maximum absolute atomic E-state index is 12.3. The van der Waals surface area contributed by atoms with E-state index in [1.165, 1.54) is 11.3 Å². The minimum absolute atomic E-state index is 0.132. The van der Waals surface area contributed by atoms with Crippen molar-refractivity contribution in [2.75, 3.05) is 10.6 Å². The van der Waals surface area contributed by atoms with Gasteiger partial charge in [0.05, 0.1) is 11.3 Å². The van der Waals surface area contributed by atoms with Crippen LogP contribution in [0.5, 0.6) is 5.75 Å². The molecule has 0 aliphatic carbocycles. The highest BCUT2D eigenvalue weighted by molar-refractivity contribution is 7.08. The van der Waals surface area contributed by atoms with Crippen molar-refractivity contribution in [1.29, 1.82) is 0 Å². The first-order valence-corrected chi connectivity index (χ1v) is 11.1. The third-order valence-corrected chi connectivity index (χ3v) is 5.80. The summed E-state index contributed by atoms with van der Waals surface area (Å²) in [7, 11) is 6.07. The van der Waals surface area contributed by atoms with Crippen LogP contribution in [0.25, 0.3) is 16.9 Å². The number of anilines is 2. The zero-order chi connectivity index (χ0) is 22.8. The molecule has 0 unspecified atom stereocenters. The summed E-state index contributed by atoms with van der Waals surface area (Å²) in [6.45, 7) is 0.473. The molecule has 0 saturated carbocycles. The molecule has 0 fully saturated rings. The Bertz CT molecular complexity index is 1450. The number of benzene rings is 2. The zero-order valence-electron chi connectivity index (χ0n) is 17.4. The molecule has 5 rings (SSSR count). The SMILES string of the molecule is [B]c1cnn2c(NCc3cccc(NC(=O)c4ccsc4)c3)cc(-c3ccccc3O)nc12. The smallest absolute Gasteiger partial charge is 0.256 e. The third kappa shape index (κ3) is 4.31. The van der Waals surface area contributed by atoms with Crippen LogP contribution in [0, 0.1) is 0 Å². The summed E-state index contributed by atoms with van der Waals surface area (Å²) in [6, 6.07) is 18.2. The Morgan fingerprint density at radius 3 is 2.82 bits per heavy atom. The Morgan fingerprint density at radius 1 is 1.12 bits per heavy atom. The van der Waals surface area contributed by atoms with Crippen molar-refractivity contribution in [3.8, 4) is 17.0 Å². The number of nitrogens with one attached hydrogen (secondary N) is 2. The molecule has 0 aliphatic rings. The third-order valence-electron chi connectivity index (χ3n) is 5.12. The van der Waals surface area contributed by atoms with Gasteiger partial charge in [-0.15, -0.1) is 0 Å². The first-order valence-electron chi connectivity index (χ1n) is 10.2. The van der Waals surface area contributed by atoms with Crippen LogP contribution in [-0.4, -0.2) is 33.5 Å². The van der Waals surface area contributed by atoms with E-state index in [1.807, 2.05) is 47.2 Å². The molecule has 2 radical (unpaired) electrons. The van der Waals surface area contributed by atoms with E-state index in [0.717, 1.165) is 5.56 Å². The maximum atomic E-state index is 12.3. The number of phenolic OH excluding ortho intramolecular Hbond substituents is 1. The van der Waals surface area contributed by atoms with Crippen molar-refractivity contribution in [2.45, 2.75) is 6.54 Å². The minimum Gasteiger partial charge on any atom is -0.507 e. The van der Waals surface area contributed by atoms with Crippen molar-refractivity contribution in [1.82, 2.24) is 14.6 Å². The second kappa shape index (κ2) is 8.80. The highest BCUT2D eigenvalue weighted by Crippen LogP contribution is 2.29. The number of carbonyl (C=O) groups is 1. The van der Waals surface area contributed by atoms with E-state index in [-0.39, 0.29) is 11.7 Å². The lowest BCUT2D eigenvalue weighted by Gasteiger charge is -2.13. The average Bonchev–Trinajstić information content (AvgIpc) is 3.49. The van der Waals surface area contributed by atoms with Gasteiger partial charge in [0.2, 0.25) is 0 Å². The number of carbonyl (C=O) groups excluding carboxylic acids is 1. The van der Waals surface area contributed by atoms with Crippen LogP contribution in [0.15, 0.2) is 77.6 Å². The Morgan fingerprint density at radius 2 is 2.00 bits per heavy atom. The molecule has 0 saturated heterocycles. The fourth-order valence-corrected chi connectivity index (χ4v) is 4.12. The zero-order valence-corrected chi connectivity index (χ0v) is 18.2. The van der Waals surface area contributed by atoms with Gasteiger partial charge in [0.1, 0.15) is 19.4 Å². The second-order valence-electron chi connectivity index (χ2n) is 7.40. The second-order valence-corrected chi connectivity index (χ2v) is 8.18. The molecule has 0 bridgehead atoms. The van der Waals surface area contributed by atoms with Crippen LogP contribution in [0.3, 0.4) is 0 Å². The van der Waals surface area contributed by atoms with E-state index < -0.39 is 0 Å². The van der Waals surface area contributed by atoms with Gasteiger partial charge in [-0.2, -0.15) is 21.0 Å². The van der Waals surface area contributed by atoms with Gasteiger partial charge in [-0.3, -0.25) is 4.79 Å². The normalized spacial score (nSPS) is 10.9. The predicted molar refractivity (Wildman–Crippen MR) is 132 cm³/mol. The molecule has 3 heterocycles. The molecule has 160 valence electrons. The monoisotopic (exact) mass is 451 g/mol. The topological polar surface area (TPSA) is 91.5 Å². The van der Waals surface area contributed by atoms with Gasteiger partial charge in [0.15, 0.2) is 5.65 Å². The van der Waals surface area contributed by atoms with Crippen LogP contribution in [0.2, 0.25) is 0 Å². The Labute approximate surface area is 195 Å². The van der Waals surface area contributed by atoms with E-state index in [2.05, 4.69) is 20.7 Å². The lowest BCUT2D eigenvalue weighted by atomic mass is 10.0. The van der Waals surface area contributed by atoms with Crippen LogP contribution >= 0.6 is 11.3 Å². The number of fused-ring (bicyclic) bond motifs is 1. The molecule has 1 amide bonds. The van der Waals surface area contributed by atoms with Gasteiger partial charge in [0.25, 0.3) is 5.91 Å². The van der Waals surface area contributed by atoms with E-state index in [0.29, 0.717) is 46.0 Å². The standard InChI is InChI=1S/C24H18BN5O2S/c25-19-13-27-30-22(11-20(29-23(19)30)18-6-1-2-7-21(18)31)26-12-15-4-3-5-17(10-15)28-24(32)16-8-9-33-14-16/h1-11,13-14,26,31H,12H2,(H,28,32). The molecule has 2 aromatic carbocycles. The largest absolute Gasteiger partial charge is 0.507 e. The number of para-hydroxylation sites is 1. The summed E-state index contributed by atoms with van der Waals surface area (Å²) in [5.41, 5.74) is 4.42. The number of phenols is 1. The van der Waals surface area contributed by atoms with Crippen molar-refractivity contribution in [3.63, 3.8) is 0 Å². The fourth-order valence-electron chi connectivity index (χ4n) is 3.48. The minimum atomic E-state index is -0.142. The molecule has 0 atom stereocenters. The quantitative estimate of drug-likeness (QED) is 0.342.